The summed E-state index contributed by atoms with van der Waals surface area (Å²) in [4.78, 5) is 12.0. The van der Waals surface area contributed by atoms with Crippen LogP contribution in [0.5, 0.6) is 0 Å². The van der Waals surface area contributed by atoms with Crippen LogP contribution >= 0.6 is 66.7 Å². The lowest BCUT2D eigenvalue weighted by Gasteiger charge is -2.02. The third kappa shape index (κ3) is 8.72. The third-order valence-electron chi connectivity index (χ3n) is 4.73. The van der Waals surface area contributed by atoms with Crippen molar-refractivity contribution < 1.29 is 4.79 Å². The molecule has 4 aromatic carbocycles. The zero-order valence-corrected chi connectivity index (χ0v) is 23.3. The van der Waals surface area contributed by atoms with E-state index in [1.807, 2.05) is 78.9 Å². The van der Waals surface area contributed by atoms with E-state index in [9.17, 15) is 4.79 Å². The van der Waals surface area contributed by atoms with Crippen molar-refractivity contribution >= 4 is 83.6 Å². The van der Waals surface area contributed by atoms with Gasteiger partial charge in [0.05, 0.1) is 0 Å². The van der Waals surface area contributed by atoms with Crippen molar-refractivity contribution in [3.8, 4) is 0 Å². The van der Waals surface area contributed by atoms with Crippen molar-refractivity contribution in [3.05, 3.63) is 138 Å². The maximum atomic E-state index is 12.0. The molecule has 0 amide bonds. The average Bonchev–Trinajstić information content (AvgIpc) is 2.83. The predicted molar refractivity (Wildman–Crippen MR) is 153 cm³/mol. The van der Waals surface area contributed by atoms with Crippen molar-refractivity contribution in [2.24, 2.45) is 0 Å². The molecule has 34 heavy (non-hydrogen) atoms. The van der Waals surface area contributed by atoms with Crippen molar-refractivity contribution in [1.29, 1.82) is 0 Å². The van der Waals surface area contributed by atoms with Gasteiger partial charge >= 0.3 is 0 Å². The third-order valence-corrected chi connectivity index (χ3v) is 6.62. The van der Waals surface area contributed by atoms with Crippen molar-refractivity contribution in [2.75, 3.05) is 0 Å². The molecule has 0 aliphatic carbocycles. The molecule has 0 saturated heterocycles. The van der Waals surface area contributed by atoms with Crippen LogP contribution in [0.2, 0.25) is 10.0 Å². The summed E-state index contributed by atoms with van der Waals surface area (Å²) in [5.74, 6) is 0.101. The van der Waals surface area contributed by atoms with Crippen LogP contribution in [0.4, 0.5) is 0 Å². The Labute approximate surface area is 231 Å². The van der Waals surface area contributed by atoms with Gasteiger partial charge in [0.2, 0.25) is 0 Å². The molecule has 0 aromatic heterocycles. The molecule has 172 valence electrons. The van der Waals surface area contributed by atoms with Gasteiger partial charge in [-0.1, -0.05) is 103 Å². The molecular formula is C28H19Br2Cl3O. The summed E-state index contributed by atoms with van der Waals surface area (Å²) in [6.45, 7) is 0. The second-order valence-electron chi connectivity index (χ2n) is 7.28. The summed E-state index contributed by atoms with van der Waals surface area (Å²) >= 11 is 24.6. The molecule has 0 aliphatic heterocycles. The maximum absolute atomic E-state index is 12.0. The highest BCUT2D eigenvalue weighted by Crippen LogP contribution is 2.24. The molecule has 4 aromatic rings. The Morgan fingerprint density at radius 2 is 1.09 bits per heavy atom. The Balaban J connectivity index is 0.000000191. The molecule has 0 spiro atoms. The van der Waals surface area contributed by atoms with E-state index in [1.54, 1.807) is 24.3 Å². The lowest BCUT2D eigenvalue weighted by Crippen LogP contribution is -2.02. The normalized spacial score (nSPS) is 10.9. The van der Waals surface area contributed by atoms with Crippen molar-refractivity contribution in [1.82, 2.24) is 0 Å². The lowest BCUT2D eigenvalue weighted by atomic mass is 10.0. The molecule has 0 atom stereocenters. The topological polar surface area (TPSA) is 17.1 Å². The molecule has 0 radical (unpaired) electrons. The molecule has 1 nitrogen and oxygen atoms in total. The van der Waals surface area contributed by atoms with Crippen LogP contribution in [0, 0.1) is 0 Å². The first-order valence-corrected chi connectivity index (χ1v) is 12.9. The highest BCUT2D eigenvalue weighted by molar-refractivity contribution is 9.10. The second kappa shape index (κ2) is 13.3. The van der Waals surface area contributed by atoms with Crippen LogP contribution in [0.25, 0.3) is 11.1 Å². The molecule has 6 heteroatoms. The largest absolute Gasteiger partial charge is 0.294 e. The van der Waals surface area contributed by atoms with Crippen LogP contribution in [-0.2, 0) is 6.42 Å². The van der Waals surface area contributed by atoms with Crippen molar-refractivity contribution in [2.45, 2.75) is 6.42 Å². The van der Waals surface area contributed by atoms with E-state index < -0.39 is 0 Å². The molecule has 0 unspecified atom stereocenters. The zero-order valence-electron chi connectivity index (χ0n) is 17.8. The molecule has 0 heterocycles. The first-order chi connectivity index (χ1) is 16.3. The van der Waals surface area contributed by atoms with Gasteiger partial charge in [0, 0.05) is 36.0 Å². The molecule has 0 saturated carbocycles. The van der Waals surface area contributed by atoms with Crippen LogP contribution < -0.4 is 0 Å². The van der Waals surface area contributed by atoms with Crippen LogP contribution in [0.15, 0.2) is 106 Å². The Morgan fingerprint density at radius 3 is 1.59 bits per heavy atom. The minimum absolute atomic E-state index is 0.101. The van der Waals surface area contributed by atoms with Gasteiger partial charge < -0.3 is 0 Å². The Hall–Kier alpha value is -1.88. The smallest absolute Gasteiger partial charge is 0.167 e. The van der Waals surface area contributed by atoms with E-state index in [0.717, 1.165) is 25.6 Å². The molecular weight excluding hydrogens is 618 g/mol. The summed E-state index contributed by atoms with van der Waals surface area (Å²) < 4.78 is 2.07. The van der Waals surface area contributed by atoms with E-state index >= 15 is 0 Å². The lowest BCUT2D eigenvalue weighted by molar-refractivity contribution is 0.0993. The minimum atomic E-state index is 0.101. The maximum Gasteiger partial charge on any atom is 0.167 e. The molecule has 0 fully saturated rings. The number of benzene rings is 4. The first-order valence-electron chi connectivity index (χ1n) is 10.2. The summed E-state index contributed by atoms with van der Waals surface area (Å²) in [6, 6.07) is 30.2. The van der Waals surface area contributed by atoms with Gasteiger partial charge in [0.25, 0.3) is 0 Å². The van der Waals surface area contributed by atoms with Gasteiger partial charge in [-0.3, -0.25) is 4.79 Å². The fourth-order valence-corrected chi connectivity index (χ4v) is 3.96. The zero-order chi connectivity index (χ0) is 24.5. The SMILES string of the molecule is Cl/C(=C\c1ccc(Br)cc1)c1ccc(Cl)cc1.O=C(Cc1ccc(Br)cc1)c1ccc(Cl)cc1. The van der Waals surface area contributed by atoms with Crippen LogP contribution in [0.1, 0.15) is 27.0 Å². The summed E-state index contributed by atoms with van der Waals surface area (Å²) in [6.07, 6.45) is 2.34. The molecule has 0 bridgehead atoms. The summed E-state index contributed by atoms with van der Waals surface area (Å²) in [5.41, 5.74) is 3.72. The summed E-state index contributed by atoms with van der Waals surface area (Å²) in [5, 5.41) is 2.05. The minimum Gasteiger partial charge on any atom is -0.294 e. The number of hydrogen-bond donors (Lipinski definition) is 0. The van der Waals surface area contributed by atoms with E-state index in [-0.39, 0.29) is 5.78 Å². The number of ketones is 1. The van der Waals surface area contributed by atoms with Gasteiger partial charge in [-0.2, -0.15) is 0 Å². The number of carbonyl (C=O) groups is 1. The van der Waals surface area contributed by atoms with E-state index in [4.69, 9.17) is 34.8 Å². The van der Waals surface area contributed by atoms with Gasteiger partial charge in [0.1, 0.15) is 0 Å². The predicted octanol–water partition coefficient (Wildman–Crippen LogP) is 10.4. The monoisotopic (exact) mass is 634 g/mol. The standard InChI is InChI=1S/C14H9BrCl2.C14H10BrClO/c2*15-12-5-1-10(2-6-12)9-14(17)11-3-7-13(16)8-4-11/h1-9H;1-8H,9H2/b14-9-;. The second-order valence-corrected chi connectivity index (χ2v) is 10.4. The van der Waals surface area contributed by atoms with Gasteiger partial charge in [-0.15, -0.1) is 0 Å². The van der Waals surface area contributed by atoms with Crippen LogP contribution in [-0.4, -0.2) is 5.78 Å². The van der Waals surface area contributed by atoms with E-state index in [2.05, 4.69) is 31.9 Å². The quantitative estimate of drug-likeness (QED) is 0.157. The number of halogens is 5. The highest BCUT2D eigenvalue weighted by Gasteiger charge is 2.06. The van der Waals surface area contributed by atoms with E-state index in [1.165, 1.54) is 0 Å². The Bertz CT molecular complexity index is 1250. The fourth-order valence-electron chi connectivity index (χ4n) is 2.92. The van der Waals surface area contributed by atoms with Crippen molar-refractivity contribution in [3.63, 3.8) is 0 Å². The van der Waals surface area contributed by atoms with E-state index in [0.29, 0.717) is 27.1 Å². The molecule has 0 N–H and O–H groups in total. The Morgan fingerprint density at radius 1 is 0.647 bits per heavy atom. The van der Waals surface area contributed by atoms with Gasteiger partial charge in [-0.25, -0.2) is 0 Å². The Kier molecular flexibility index (Phi) is 10.4. The van der Waals surface area contributed by atoms with Gasteiger partial charge in [-0.05, 0) is 83.4 Å². The average molecular weight is 638 g/mol. The molecule has 0 aliphatic rings. The number of rotatable bonds is 5. The number of hydrogen-bond acceptors (Lipinski definition) is 1. The van der Waals surface area contributed by atoms with Gasteiger partial charge in [0.15, 0.2) is 5.78 Å². The summed E-state index contributed by atoms with van der Waals surface area (Å²) in [7, 11) is 0. The first kappa shape index (κ1) is 26.7. The highest BCUT2D eigenvalue weighted by atomic mass is 79.9. The van der Waals surface area contributed by atoms with Crippen LogP contribution in [0.3, 0.4) is 0 Å². The fraction of sp³-hybridized carbons (Fsp3) is 0.0357. The number of carbonyl (C=O) groups excluding carboxylic acids is 1. The number of Topliss-reactive ketones (excluding diaryl/α,β-unsaturated/α-hetero) is 1. The molecule has 4 rings (SSSR count).